The number of anilines is 2. The molecule has 6 amide bonds. The molecule has 1 saturated heterocycles. The second-order valence-electron chi connectivity index (χ2n) is 16.7. The van der Waals surface area contributed by atoms with E-state index < -0.39 is 78.1 Å². The van der Waals surface area contributed by atoms with Crippen LogP contribution in [0.4, 0.5) is 16.2 Å². The highest BCUT2D eigenvalue weighted by atomic mass is 16.4. The van der Waals surface area contributed by atoms with Crippen LogP contribution in [0.3, 0.4) is 0 Å². The average molecular weight is 906 g/mol. The molecule has 2 aromatic carbocycles. The fourth-order valence-electron chi connectivity index (χ4n) is 7.63. The van der Waals surface area contributed by atoms with E-state index in [2.05, 4.69) is 41.5 Å². The summed E-state index contributed by atoms with van der Waals surface area (Å²) in [5, 5.41) is 32.9. The number of para-hydroxylation sites is 1. The van der Waals surface area contributed by atoms with Gasteiger partial charge in [-0.15, -0.1) is 0 Å². The van der Waals surface area contributed by atoms with Crippen LogP contribution in [0.5, 0.6) is 0 Å². The maximum Gasteiger partial charge on any atom is 0.326 e. The number of carbonyl (C=O) groups excluding carboxylic acids is 5. The Morgan fingerprint density at radius 2 is 1.39 bits per heavy atom. The monoisotopic (exact) mass is 905 g/mol. The van der Waals surface area contributed by atoms with Crippen molar-refractivity contribution in [1.29, 1.82) is 0 Å². The molecule has 4 aromatic rings. The van der Waals surface area contributed by atoms with Gasteiger partial charge >= 0.3 is 18.0 Å². The molecule has 1 fully saturated rings. The van der Waals surface area contributed by atoms with Crippen LogP contribution in [0.1, 0.15) is 74.9 Å². The van der Waals surface area contributed by atoms with Crippen LogP contribution in [0.2, 0.25) is 0 Å². The third-order valence-electron chi connectivity index (χ3n) is 11.1. The summed E-state index contributed by atoms with van der Waals surface area (Å²) in [5.41, 5.74) is 4.33. The van der Waals surface area contributed by atoms with Gasteiger partial charge < -0.3 is 41.7 Å². The topological polar surface area (TPSA) is 252 Å². The third kappa shape index (κ3) is 15.5. The van der Waals surface area contributed by atoms with E-state index in [9.17, 15) is 43.8 Å². The number of nitrogens with one attached hydrogen (secondary N) is 5. The molecule has 4 atom stereocenters. The number of benzene rings is 2. The van der Waals surface area contributed by atoms with E-state index in [1.54, 1.807) is 56.6 Å². The second-order valence-corrected chi connectivity index (χ2v) is 16.7. The Kier molecular flexibility index (Phi) is 18.7. The molecule has 66 heavy (non-hydrogen) atoms. The molecule has 5 rings (SSSR count). The number of carbonyl (C=O) groups is 7. The molecule has 350 valence electrons. The van der Waals surface area contributed by atoms with Crippen molar-refractivity contribution in [2.75, 3.05) is 23.7 Å². The van der Waals surface area contributed by atoms with Gasteiger partial charge in [0.1, 0.15) is 24.2 Å². The third-order valence-corrected chi connectivity index (χ3v) is 11.1. The molecule has 0 aliphatic carbocycles. The van der Waals surface area contributed by atoms with Gasteiger partial charge in [0.15, 0.2) is 0 Å². The van der Waals surface area contributed by atoms with Crippen LogP contribution in [0.25, 0.3) is 0 Å². The van der Waals surface area contributed by atoms with E-state index in [-0.39, 0.29) is 25.8 Å². The van der Waals surface area contributed by atoms with Crippen molar-refractivity contribution in [2.24, 2.45) is 5.92 Å². The molecule has 1 aliphatic heterocycles. The number of likely N-dealkylation sites (tertiary alicyclic amines) is 1. The van der Waals surface area contributed by atoms with Crippen LogP contribution in [-0.2, 0) is 48.3 Å². The van der Waals surface area contributed by atoms with Crippen LogP contribution >= 0.6 is 0 Å². The minimum atomic E-state index is -1.65. The number of hydrogen-bond donors (Lipinski definition) is 7. The number of nitrogens with zero attached hydrogens (tertiary/aromatic N) is 4. The molecule has 18 nitrogen and oxygen atoms in total. The summed E-state index contributed by atoms with van der Waals surface area (Å²) in [4.78, 5) is 104. The smallest absolute Gasteiger partial charge is 0.326 e. The largest absolute Gasteiger partial charge is 0.481 e. The van der Waals surface area contributed by atoms with Gasteiger partial charge in [-0.2, -0.15) is 0 Å². The van der Waals surface area contributed by atoms with Gasteiger partial charge in [-0.3, -0.25) is 38.8 Å². The van der Waals surface area contributed by atoms with Crippen molar-refractivity contribution < 1.29 is 43.8 Å². The summed E-state index contributed by atoms with van der Waals surface area (Å²) in [5.74, 6) is -5.98. The number of hydrogen-bond acceptors (Lipinski definition) is 10. The second kappa shape index (κ2) is 24.7. The summed E-state index contributed by atoms with van der Waals surface area (Å²) < 4.78 is 0. The van der Waals surface area contributed by atoms with Crippen molar-refractivity contribution in [3.8, 4) is 0 Å². The maximum atomic E-state index is 14.1. The molecule has 1 aliphatic rings. The number of aliphatic carboxylic acids is 2. The van der Waals surface area contributed by atoms with Crippen molar-refractivity contribution >= 4 is 53.0 Å². The number of pyridine rings is 2. The lowest BCUT2D eigenvalue weighted by molar-refractivity contribution is -0.150. The lowest BCUT2D eigenvalue weighted by Gasteiger charge is -2.30. The number of aryl methyl sites for hydroxylation is 1. The highest BCUT2D eigenvalue weighted by Gasteiger charge is 2.40. The molecule has 7 N–H and O–H groups in total. The minimum Gasteiger partial charge on any atom is -0.481 e. The molecule has 2 aromatic heterocycles. The summed E-state index contributed by atoms with van der Waals surface area (Å²) in [6.45, 7) is 7.02. The standard InChI is InChI=1S/C48H59N9O9/c1-31(2)43(46(63)57-26-12-18-40(57)47(64)65)55-45(62)39(28-42(59)60)53-44(61)38(17-8-11-25-56(29-35-14-6-9-23-49-35)30-36-15-7-10-24-50-36)52-41(58)27-33-19-21-34(22-20-33)51-48(66)54-37-16-5-4-13-32(37)3/h4-7,9-10,13-16,19-24,31,38-40,43H,8,11-12,17-18,25-30H2,1-3H3,(H,52,58)(H,53,61)(H,55,62)(H,59,60)(H,64,65)(H2,51,54,66)/t38-,39-,40-,43-/m0/s1. The number of carboxylic acid groups (broad SMARTS) is 2. The van der Waals surface area contributed by atoms with Gasteiger partial charge in [-0.25, -0.2) is 9.59 Å². The first-order valence-corrected chi connectivity index (χ1v) is 22.1. The first-order valence-electron chi connectivity index (χ1n) is 22.1. The molecule has 0 bridgehead atoms. The van der Waals surface area contributed by atoms with Crippen LogP contribution in [-0.4, -0.2) is 109 Å². The van der Waals surface area contributed by atoms with Gasteiger partial charge in [-0.05, 0) is 105 Å². The van der Waals surface area contributed by atoms with E-state index in [1.807, 2.05) is 61.5 Å². The van der Waals surface area contributed by atoms with Crippen molar-refractivity contribution in [3.63, 3.8) is 0 Å². The Labute approximate surface area is 384 Å². The molecule has 0 unspecified atom stereocenters. The molecule has 18 heteroatoms. The Hall–Kier alpha value is -7.21. The molecule has 0 radical (unpaired) electrons. The number of amides is 6. The zero-order valence-electron chi connectivity index (χ0n) is 37.4. The fraction of sp³-hybridized carbons (Fsp3) is 0.396. The van der Waals surface area contributed by atoms with Gasteiger partial charge in [0.2, 0.25) is 23.6 Å². The predicted octanol–water partition coefficient (Wildman–Crippen LogP) is 4.50. The summed E-state index contributed by atoms with van der Waals surface area (Å²) in [7, 11) is 0. The Balaban J connectivity index is 1.28. The maximum absolute atomic E-state index is 14.1. The van der Waals surface area contributed by atoms with Crippen LogP contribution in [0, 0.1) is 12.8 Å². The van der Waals surface area contributed by atoms with E-state index >= 15 is 0 Å². The zero-order valence-corrected chi connectivity index (χ0v) is 37.4. The van der Waals surface area contributed by atoms with Crippen LogP contribution in [0.15, 0.2) is 97.3 Å². The Bertz CT molecular complexity index is 2240. The SMILES string of the molecule is Cc1ccccc1NC(=O)Nc1ccc(CC(=O)N[C@@H](CCCCN(Cc2ccccn2)Cc2ccccn2)C(=O)N[C@@H](CC(=O)O)C(=O)N[C@H](C(=O)N2CCC[C@H]2C(=O)O)C(C)C)cc1. The fourth-order valence-corrected chi connectivity index (χ4v) is 7.63. The van der Waals surface area contributed by atoms with E-state index in [0.29, 0.717) is 55.8 Å². The molecule has 3 heterocycles. The summed E-state index contributed by atoms with van der Waals surface area (Å²) in [6, 6.07) is 19.7. The summed E-state index contributed by atoms with van der Waals surface area (Å²) in [6.07, 6.45) is 4.32. The van der Waals surface area contributed by atoms with Gasteiger partial charge in [0.05, 0.1) is 24.2 Å². The van der Waals surface area contributed by atoms with Crippen molar-refractivity contribution in [1.82, 2.24) is 35.7 Å². The van der Waals surface area contributed by atoms with Crippen molar-refractivity contribution in [2.45, 2.75) is 103 Å². The minimum absolute atomic E-state index is 0.123. The quantitative estimate of drug-likeness (QED) is 0.0508. The Morgan fingerprint density at radius 1 is 0.758 bits per heavy atom. The van der Waals surface area contributed by atoms with Gasteiger partial charge in [0.25, 0.3) is 0 Å². The lowest BCUT2D eigenvalue weighted by atomic mass is 10.0. The number of unbranched alkanes of at least 4 members (excludes halogenated alkanes) is 1. The predicted molar refractivity (Wildman–Crippen MR) is 246 cm³/mol. The Morgan fingerprint density at radius 3 is 1.98 bits per heavy atom. The highest BCUT2D eigenvalue weighted by Crippen LogP contribution is 2.21. The summed E-state index contributed by atoms with van der Waals surface area (Å²) >= 11 is 0. The highest BCUT2D eigenvalue weighted by molar-refractivity contribution is 6.00. The first-order chi connectivity index (χ1) is 31.7. The molecule has 0 spiro atoms. The van der Waals surface area contributed by atoms with E-state index in [4.69, 9.17) is 0 Å². The van der Waals surface area contributed by atoms with Crippen molar-refractivity contribution in [3.05, 3.63) is 120 Å². The number of rotatable bonds is 23. The number of aromatic nitrogens is 2. The lowest BCUT2D eigenvalue weighted by Crippen LogP contribution is -2.59. The van der Waals surface area contributed by atoms with Gasteiger partial charge in [-0.1, -0.05) is 56.3 Å². The average Bonchev–Trinajstić information content (AvgIpc) is 3.79. The molecular formula is C48H59N9O9. The molecule has 0 saturated carbocycles. The van der Waals surface area contributed by atoms with E-state index in [1.165, 1.54) is 4.90 Å². The molecular weight excluding hydrogens is 847 g/mol. The van der Waals surface area contributed by atoms with Gasteiger partial charge in [0, 0.05) is 43.4 Å². The van der Waals surface area contributed by atoms with Crippen LogP contribution < -0.4 is 26.6 Å². The first kappa shape index (κ1) is 49.8. The normalized spacial score (nSPS) is 14.7. The van der Waals surface area contributed by atoms with E-state index in [0.717, 1.165) is 17.0 Å². The number of urea groups is 1. The number of carboxylic acids is 2. The zero-order chi connectivity index (χ0) is 47.6.